The number of hydrogen-bond acceptors (Lipinski definition) is 3. The van der Waals surface area contributed by atoms with E-state index in [1.54, 1.807) is 0 Å². The maximum atomic E-state index is 10.4. The van der Waals surface area contributed by atoms with Crippen LogP contribution in [0.2, 0.25) is 0 Å². The van der Waals surface area contributed by atoms with Gasteiger partial charge in [0.25, 0.3) is 0 Å². The van der Waals surface area contributed by atoms with Crippen molar-refractivity contribution in [1.82, 2.24) is 0 Å². The second-order valence-electron chi connectivity index (χ2n) is 1.88. The molecule has 0 aromatic rings. The predicted molar refractivity (Wildman–Crippen MR) is 27.0 cm³/mol. The fraction of sp³-hybridized carbons (Fsp3) is 0.600. The Bertz CT molecular complexity index is 151. The molecule has 4 heteroatoms. The van der Waals surface area contributed by atoms with Gasteiger partial charge >= 0.3 is 5.97 Å². The highest BCUT2D eigenvalue weighted by atomic mass is 16.5. The molecule has 1 unspecified atom stereocenters. The van der Waals surface area contributed by atoms with E-state index in [1.807, 2.05) is 0 Å². The van der Waals surface area contributed by atoms with Crippen molar-refractivity contribution < 1.29 is 19.4 Å². The van der Waals surface area contributed by atoms with E-state index in [0.29, 0.717) is 0 Å². The molecule has 1 atom stereocenters. The number of carbonyl (C=O) groups is 2. The van der Waals surface area contributed by atoms with Crippen LogP contribution in [0.4, 0.5) is 0 Å². The molecule has 0 aromatic carbocycles. The van der Waals surface area contributed by atoms with E-state index in [1.165, 1.54) is 0 Å². The molecule has 1 heterocycles. The van der Waals surface area contributed by atoms with E-state index in [9.17, 15) is 9.59 Å². The molecule has 50 valence electrons. The lowest BCUT2D eigenvalue weighted by atomic mass is 10.2. The molecule has 1 N–H and O–H groups in total. The van der Waals surface area contributed by atoms with Gasteiger partial charge in [0.2, 0.25) is 0 Å². The summed E-state index contributed by atoms with van der Waals surface area (Å²) in [4.78, 5) is 20.4. The first-order valence-electron chi connectivity index (χ1n) is 2.56. The third kappa shape index (κ3) is 1.26. The summed E-state index contributed by atoms with van der Waals surface area (Å²) in [7, 11) is 0. The summed E-state index contributed by atoms with van der Waals surface area (Å²) < 4.78 is 4.58. The molecule has 1 fully saturated rings. The molecule has 0 amide bonds. The summed E-state index contributed by atoms with van der Waals surface area (Å²) >= 11 is 0. The van der Waals surface area contributed by atoms with Gasteiger partial charge in [-0.15, -0.1) is 0 Å². The second kappa shape index (κ2) is 2.14. The van der Waals surface area contributed by atoms with Gasteiger partial charge in [0, 0.05) is 6.42 Å². The highest BCUT2D eigenvalue weighted by molar-refractivity contribution is 5.88. The van der Waals surface area contributed by atoms with Gasteiger partial charge in [-0.2, -0.15) is 0 Å². The topological polar surface area (TPSA) is 63.6 Å². The van der Waals surface area contributed by atoms with Crippen LogP contribution in [0, 0.1) is 0 Å². The normalized spacial score (nSPS) is 26.7. The smallest absolute Gasteiger partial charge is 0.333 e. The number of ether oxygens (including phenoxy) is 1. The molecule has 0 aliphatic carbocycles. The van der Waals surface area contributed by atoms with E-state index in [2.05, 4.69) is 4.74 Å². The molecule has 4 nitrogen and oxygen atoms in total. The Balaban J connectivity index is 2.48. The largest absolute Gasteiger partial charge is 0.479 e. The zero-order valence-electron chi connectivity index (χ0n) is 4.66. The minimum Gasteiger partial charge on any atom is -0.479 e. The van der Waals surface area contributed by atoms with Crippen molar-refractivity contribution in [3.05, 3.63) is 0 Å². The number of carbonyl (C=O) groups excluding carboxylic acids is 1. The zero-order chi connectivity index (χ0) is 6.85. The Morgan fingerprint density at radius 2 is 2.44 bits per heavy atom. The maximum absolute atomic E-state index is 10.4. The lowest BCUT2D eigenvalue weighted by molar-refractivity contribution is -0.147. The molecule has 1 aliphatic rings. The predicted octanol–water partition coefficient (Wildman–Crippen LogP) is -0.571. The summed E-state index contributed by atoms with van der Waals surface area (Å²) in [6, 6.07) is 0. The fourth-order valence-corrected chi connectivity index (χ4v) is 0.677. The van der Waals surface area contributed by atoms with Crippen molar-refractivity contribution in [3.8, 4) is 0 Å². The first-order chi connectivity index (χ1) is 4.20. The Labute approximate surface area is 51.4 Å². The Hall–Kier alpha value is -0.900. The first-order valence-corrected chi connectivity index (χ1v) is 2.56. The van der Waals surface area contributed by atoms with Crippen LogP contribution >= 0.6 is 0 Å². The van der Waals surface area contributed by atoms with Gasteiger partial charge in [-0.05, 0) is 0 Å². The molecular weight excluding hydrogens is 124 g/mol. The van der Waals surface area contributed by atoms with Gasteiger partial charge in [0.1, 0.15) is 6.61 Å². The van der Waals surface area contributed by atoms with E-state index in [-0.39, 0.29) is 18.8 Å². The van der Waals surface area contributed by atoms with Gasteiger partial charge in [0.15, 0.2) is 11.9 Å². The number of carboxylic acids is 1. The number of hydrogen-bond donors (Lipinski definition) is 1. The molecule has 1 saturated heterocycles. The molecule has 1 aliphatic heterocycles. The summed E-state index contributed by atoms with van der Waals surface area (Å²) in [5.74, 6) is -1.19. The summed E-state index contributed by atoms with van der Waals surface area (Å²) in [6.07, 6.45) is -0.868. The first kappa shape index (κ1) is 6.22. The van der Waals surface area contributed by atoms with Crippen molar-refractivity contribution in [2.75, 3.05) is 6.61 Å². The standard InChI is InChI=1S/C5H6O4/c6-3-1-4(5(7)8)9-2-3/h4H,1-2H2,(H,7,8). The second-order valence-corrected chi connectivity index (χ2v) is 1.88. The summed E-state index contributed by atoms with van der Waals surface area (Å²) in [5.41, 5.74) is 0. The third-order valence-corrected chi connectivity index (χ3v) is 1.13. The molecule has 9 heavy (non-hydrogen) atoms. The highest BCUT2D eigenvalue weighted by Gasteiger charge is 2.28. The van der Waals surface area contributed by atoms with Crippen molar-refractivity contribution in [1.29, 1.82) is 0 Å². The molecule has 0 spiro atoms. The summed E-state index contributed by atoms with van der Waals surface area (Å²) in [5, 5.41) is 8.25. The molecule has 1 rings (SSSR count). The van der Waals surface area contributed by atoms with Gasteiger partial charge in [-0.25, -0.2) is 4.79 Å². The number of carboxylic acid groups (broad SMARTS) is 1. The molecule has 0 bridgehead atoms. The van der Waals surface area contributed by atoms with Crippen LogP contribution in [0.5, 0.6) is 0 Å². The molecule has 0 aromatic heterocycles. The van der Waals surface area contributed by atoms with Crippen molar-refractivity contribution >= 4 is 11.8 Å². The lowest BCUT2D eigenvalue weighted by Crippen LogP contribution is -2.18. The number of ketones is 1. The van der Waals surface area contributed by atoms with Gasteiger partial charge in [-0.1, -0.05) is 0 Å². The molecule has 0 saturated carbocycles. The van der Waals surface area contributed by atoms with Crippen LogP contribution in [0.3, 0.4) is 0 Å². The minimum absolute atomic E-state index is 0.0231. The molecule has 0 radical (unpaired) electrons. The van der Waals surface area contributed by atoms with Crippen LogP contribution in [-0.2, 0) is 14.3 Å². The van der Waals surface area contributed by atoms with Crippen molar-refractivity contribution in [3.63, 3.8) is 0 Å². The average Bonchev–Trinajstić information content (AvgIpc) is 2.14. The van der Waals surface area contributed by atoms with Crippen molar-refractivity contribution in [2.45, 2.75) is 12.5 Å². The Morgan fingerprint density at radius 3 is 2.67 bits per heavy atom. The van der Waals surface area contributed by atoms with Crippen LogP contribution in [0.25, 0.3) is 0 Å². The molecular formula is C5H6O4. The number of aliphatic carboxylic acids is 1. The van der Waals surface area contributed by atoms with Crippen LogP contribution < -0.4 is 0 Å². The quantitative estimate of drug-likeness (QED) is 0.516. The van der Waals surface area contributed by atoms with Crippen LogP contribution in [0.1, 0.15) is 6.42 Å². The monoisotopic (exact) mass is 130 g/mol. The fourth-order valence-electron chi connectivity index (χ4n) is 0.677. The van der Waals surface area contributed by atoms with E-state index in [4.69, 9.17) is 5.11 Å². The van der Waals surface area contributed by atoms with Crippen molar-refractivity contribution in [2.24, 2.45) is 0 Å². The SMILES string of the molecule is O=C1COC(C(=O)O)C1. The average molecular weight is 130 g/mol. The van der Waals surface area contributed by atoms with Crippen LogP contribution in [0.15, 0.2) is 0 Å². The number of Topliss-reactive ketones (excluding diaryl/α,β-unsaturated/α-hetero) is 1. The zero-order valence-corrected chi connectivity index (χ0v) is 4.66. The minimum atomic E-state index is -1.05. The van der Waals surface area contributed by atoms with Crippen LogP contribution in [-0.4, -0.2) is 29.6 Å². The summed E-state index contributed by atoms with van der Waals surface area (Å²) in [6.45, 7) is -0.0447. The van der Waals surface area contributed by atoms with Gasteiger partial charge < -0.3 is 9.84 Å². The van der Waals surface area contributed by atoms with E-state index in [0.717, 1.165) is 0 Å². The Morgan fingerprint density at radius 1 is 1.78 bits per heavy atom. The van der Waals surface area contributed by atoms with Gasteiger partial charge in [0.05, 0.1) is 0 Å². The lowest BCUT2D eigenvalue weighted by Gasteiger charge is -1.97. The maximum Gasteiger partial charge on any atom is 0.333 e. The number of rotatable bonds is 1. The third-order valence-electron chi connectivity index (χ3n) is 1.13. The highest BCUT2D eigenvalue weighted by Crippen LogP contribution is 2.07. The van der Waals surface area contributed by atoms with E-state index < -0.39 is 12.1 Å². The Kier molecular flexibility index (Phi) is 1.48. The van der Waals surface area contributed by atoms with Gasteiger partial charge in [-0.3, -0.25) is 4.79 Å². The van der Waals surface area contributed by atoms with E-state index >= 15 is 0 Å².